The van der Waals surface area contributed by atoms with Gasteiger partial charge in [-0.3, -0.25) is 19.8 Å². The topological polar surface area (TPSA) is 140 Å². The van der Waals surface area contributed by atoms with Gasteiger partial charge in [0.1, 0.15) is 11.6 Å². The Labute approximate surface area is 163 Å². The second-order valence-corrected chi connectivity index (χ2v) is 7.91. The lowest BCUT2D eigenvalue weighted by molar-refractivity contribution is -0.389. The number of aromatic nitrogens is 3. The van der Waals surface area contributed by atoms with Crippen LogP contribution in [-0.2, 0) is 9.59 Å². The summed E-state index contributed by atoms with van der Waals surface area (Å²) in [5.41, 5.74) is -1.25. The minimum absolute atomic E-state index is 0.0752. The van der Waals surface area contributed by atoms with Crippen LogP contribution < -0.4 is 15.0 Å². The van der Waals surface area contributed by atoms with E-state index in [2.05, 4.69) is 20.5 Å². The van der Waals surface area contributed by atoms with E-state index in [-0.39, 0.29) is 17.5 Å². The van der Waals surface area contributed by atoms with Crippen molar-refractivity contribution in [3.8, 4) is 5.75 Å². The first kappa shape index (κ1) is 19.6. The van der Waals surface area contributed by atoms with Crippen LogP contribution in [0.4, 0.5) is 16.8 Å². The number of hydrogen-bond acceptors (Lipinski definition) is 9. The summed E-state index contributed by atoms with van der Waals surface area (Å²) in [6.07, 6.45) is 0. The number of anilines is 2. The number of nitro groups is 1. The van der Waals surface area contributed by atoms with Crippen LogP contribution in [0.2, 0.25) is 0 Å². The van der Waals surface area contributed by atoms with Gasteiger partial charge in [-0.2, -0.15) is 0 Å². The smallest absolute Gasteiger partial charge is 0.366 e. The molecule has 0 spiro atoms. The first-order valence-electron chi connectivity index (χ1n) is 8.38. The molecule has 148 valence electrons. The summed E-state index contributed by atoms with van der Waals surface area (Å²) < 4.78 is 5.60. The van der Waals surface area contributed by atoms with Crippen LogP contribution in [0.5, 0.6) is 5.75 Å². The normalized spacial score (nSPS) is 15.2. The fraction of sp³-hybridized carbons (Fsp3) is 0.438. The molecule has 2 aromatic rings. The number of amides is 2. The standard InChI is InChI=1S/C16H18N6O5S/c1-8(2)13-19-20-15(28-13)18-11(23)7-21-12-9(27-16(3,4)14(21)24)5-6-10(17-12)22(25)26/h5-6,8H,7H2,1-4H3,(H,18,20,23). The Kier molecular flexibility index (Phi) is 4.98. The minimum Gasteiger partial charge on any atom is -0.472 e. The Balaban J connectivity index is 1.86. The summed E-state index contributed by atoms with van der Waals surface area (Å²) in [4.78, 5) is 40.5. The first-order valence-corrected chi connectivity index (χ1v) is 9.20. The van der Waals surface area contributed by atoms with E-state index in [0.29, 0.717) is 5.13 Å². The molecule has 11 nitrogen and oxygen atoms in total. The van der Waals surface area contributed by atoms with Gasteiger partial charge in [0.2, 0.25) is 11.0 Å². The predicted octanol–water partition coefficient (Wildman–Crippen LogP) is 2.11. The second kappa shape index (κ2) is 7.11. The summed E-state index contributed by atoms with van der Waals surface area (Å²) in [7, 11) is 0. The van der Waals surface area contributed by atoms with Crippen molar-refractivity contribution in [1.29, 1.82) is 0 Å². The van der Waals surface area contributed by atoms with Crippen molar-refractivity contribution in [3.63, 3.8) is 0 Å². The molecule has 1 N–H and O–H groups in total. The second-order valence-electron chi connectivity index (χ2n) is 6.90. The maximum absolute atomic E-state index is 12.8. The van der Waals surface area contributed by atoms with E-state index in [0.717, 1.165) is 9.91 Å². The largest absolute Gasteiger partial charge is 0.472 e. The summed E-state index contributed by atoms with van der Waals surface area (Å²) in [5.74, 6) is -1.25. The Morgan fingerprint density at radius 2 is 2.11 bits per heavy atom. The van der Waals surface area contributed by atoms with Crippen molar-refractivity contribution < 1.29 is 19.2 Å². The van der Waals surface area contributed by atoms with E-state index in [1.165, 1.54) is 23.5 Å². The van der Waals surface area contributed by atoms with Gasteiger partial charge >= 0.3 is 5.82 Å². The molecular formula is C16H18N6O5S. The average molecular weight is 406 g/mol. The molecule has 3 rings (SSSR count). The molecule has 3 heterocycles. The fourth-order valence-electron chi connectivity index (χ4n) is 2.51. The van der Waals surface area contributed by atoms with E-state index >= 15 is 0 Å². The van der Waals surface area contributed by atoms with Crippen molar-refractivity contribution in [2.75, 3.05) is 16.8 Å². The van der Waals surface area contributed by atoms with Crippen molar-refractivity contribution in [1.82, 2.24) is 15.2 Å². The molecular weight excluding hydrogens is 388 g/mol. The molecule has 0 aromatic carbocycles. The zero-order chi connectivity index (χ0) is 20.6. The quantitative estimate of drug-likeness (QED) is 0.588. The maximum Gasteiger partial charge on any atom is 0.366 e. The van der Waals surface area contributed by atoms with E-state index in [1.807, 2.05) is 13.8 Å². The molecule has 0 bridgehead atoms. The van der Waals surface area contributed by atoms with Crippen LogP contribution in [0.25, 0.3) is 0 Å². The average Bonchev–Trinajstić information content (AvgIpc) is 3.07. The van der Waals surface area contributed by atoms with Gasteiger partial charge in [-0.25, -0.2) is 0 Å². The third-order valence-corrected chi connectivity index (χ3v) is 5.01. The molecule has 0 saturated heterocycles. The molecule has 1 aliphatic heterocycles. The lowest BCUT2D eigenvalue weighted by Crippen LogP contribution is -2.54. The summed E-state index contributed by atoms with van der Waals surface area (Å²) >= 11 is 1.24. The van der Waals surface area contributed by atoms with Gasteiger partial charge in [0.05, 0.1) is 0 Å². The molecule has 2 amide bonds. The summed E-state index contributed by atoms with van der Waals surface area (Å²) in [6.45, 7) is 6.60. The van der Waals surface area contributed by atoms with Gasteiger partial charge in [-0.05, 0) is 29.8 Å². The number of nitrogens with one attached hydrogen (secondary N) is 1. The molecule has 0 aliphatic carbocycles. The van der Waals surface area contributed by atoms with Gasteiger partial charge in [-0.1, -0.05) is 25.2 Å². The molecule has 0 atom stereocenters. The Morgan fingerprint density at radius 3 is 2.71 bits per heavy atom. The van der Waals surface area contributed by atoms with Crippen molar-refractivity contribution in [2.24, 2.45) is 0 Å². The number of fused-ring (bicyclic) bond motifs is 1. The Morgan fingerprint density at radius 1 is 1.39 bits per heavy atom. The van der Waals surface area contributed by atoms with Crippen molar-refractivity contribution in [2.45, 2.75) is 39.2 Å². The molecule has 28 heavy (non-hydrogen) atoms. The van der Waals surface area contributed by atoms with E-state index < -0.39 is 34.7 Å². The summed E-state index contributed by atoms with van der Waals surface area (Å²) in [5, 5.41) is 22.6. The lowest BCUT2D eigenvalue weighted by atomic mass is 10.1. The molecule has 1 aliphatic rings. The highest BCUT2D eigenvalue weighted by Crippen LogP contribution is 2.37. The van der Waals surface area contributed by atoms with E-state index in [1.54, 1.807) is 13.8 Å². The molecule has 12 heteroatoms. The van der Waals surface area contributed by atoms with Gasteiger partial charge in [0, 0.05) is 12.0 Å². The van der Waals surface area contributed by atoms with Crippen molar-refractivity contribution in [3.05, 3.63) is 27.3 Å². The number of carbonyl (C=O) groups excluding carboxylic acids is 2. The number of carbonyl (C=O) groups is 2. The van der Waals surface area contributed by atoms with Gasteiger partial charge in [0.15, 0.2) is 11.4 Å². The summed E-state index contributed by atoms with van der Waals surface area (Å²) in [6, 6.07) is 2.54. The van der Waals surface area contributed by atoms with E-state index in [4.69, 9.17) is 4.74 Å². The molecule has 0 radical (unpaired) electrons. The lowest BCUT2D eigenvalue weighted by Gasteiger charge is -2.35. The van der Waals surface area contributed by atoms with Gasteiger partial charge < -0.3 is 14.9 Å². The number of pyridine rings is 1. The molecule has 2 aromatic heterocycles. The first-order chi connectivity index (χ1) is 13.1. The molecule has 0 saturated carbocycles. The highest BCUT2D eigenvalue weighted by Gasteiger charge is 2.45. The zero-order valence-electron chi connectivity index (χ0n) is 15.6. The third kappa shape index (κ3) is 3.76. The van der Waals surface area contributed by atoms with Crippen LogP contribution in [-0.4, -0.2) is 44.1 Å². The SMILES string of the molecule is CC(C)c1nnc(NC(=O)CN2C(=O)C(C)(C)Oc3ccc([N+](=O)[O-])nc32)s1. The molecule has 0 fully saturated rings. The third-order valence-electron chi connectivity index (χ3n) is 3.88. The van der Waals surface area contributed by atoms with Crippen LogP contribution in [0.1, 0.15) is 38.6 Å². The minimum atomic E-state index is -1.25. The Bertz CT molecular complexity index is 957. The van der Waals surface area contributed by atoms with Crippen LogP contribution in [0, 0.1) is 10.1 Å². The number of hydrogen-bond donors (Lipinski definition) is 1. The van der Waals surface area contributed by atoms with Gasteiger partial charge in [-0.15, -0.1) is 10.2 Å². The van der Waals surface area contributed by atoms with E-state index in [9.17, 15) is 19.7 Å². The fourth-order valence-corrected chi connectivity index (χ4v) is 3.27. The maximum atomic E-state index is 12.8. The predicted molar refractivity (Wildman–Crippen MR) is 101 cm³/mol. The number of rotatable bonds is 5. The highest BCUT2D eigenvalue weighted by atomic mass is 32.1. The highest BCUT2D eigenvalue weighted by molar-refractivity contribution is 7.15. The molecule has 0 unspecified atom stereocenters. The number of nitrogens with zero attached hydrogens (tertiary/aromatic N) is 5. The zero-order valence-corrected chi connectivity index (χ0v) is 16.4. The monoisotopic (exact) mass is 406 g/mol. The van der Waals surface area contributed by atoms with Crippen LogP contribution >= 0.6 is 11.3 Å². The number of ether oxygens (including phenoxy) is 1. The van der Waals surface area contributed by atoms with Crippen molar-refractivity contribution >= 4 is 39.9 Å². The van der Waals surface area contributed by atoms with Crippen LogP contribution in [0.3, 0.4) is 0 Å². The van der Waals surface area contributed by atoms with Gasteiger partial charge in [0.25, 0.3) is 11.7 Å². The Hall–Kier alpha value is -3.15. The van der Waals surface area contributed by atoms with Crippen LogP contribution in [0.15, 0.2) is 12.1 Å².